The second-order valence-electron chi connectivity index (χ2n) is 18.1. The maximum absolute atomic E-state index is 11.9. The number of carboxylic acids is 1. The molecular formula is C56H58Cl2N8O10. The van der Waals surface area contributed by atoms with Gasteiger partial charge in [0.2, 0.25) is 0 Å². The van der Waals surface area contributed by atoms with Crippen molar-refractivity contribution < 1.29 is 49.3 Å². The van der Waals surface area contributed by atoms with E-state index in [0.29, 0.717) is 50.8 Å². The molecule has 18 nitrogen and oxygen atoms in total. The maximum atomic E-state index is 11.9. The van der Waals surface area contributed by atoms with Gasteiger partial charge in [-0.05, 0) is 97.5 Å². The zero-order valence-electron chi connectivity index (χ0n) is 42.0. The van der Waals surface area contributed by atoms with Crippen LogP contribution in [0.5, 0.6) is 23.0 Å². The van der Waals surface area contributed by atoms with Crippen molar-refractivity contribution in [1.82, 2.24) is 40.2 Å². The molecule has 0 bridgehead atoms. The fraction of sp³-hybridized carbons (Fsp3) is 0.268. The molecule has 76 heavy (non-hydrogen) atoms. The molecule has 0 aliphatic heterocycles. The van der Waals surface area contributed by atoms with E-state index in [9.17, 15) is 30.3 Å². The largest absolute Gasteiger partial charge is 0.488 e. The lowest BCUT2D eigenvalue weighted by molar-refractivity contribution is -0.142. The molecule has 4 aromatic carbocycles. The average molecular weight is 1070 g/mol. The van der Waals surface area contributed by atoms with Gasteiger partial charge in [0, 0.05) is 84.7 Å². The van der Waals surface area contributed by atoms with Gasteiger partial charge in [0.1, 0.15) is 55.5 Å². The summed E-state index contributed by atoms with van der Waals surface area (Å²) in [6, 6.07) is 27.5. The Labute approximate surface area is 449 Å². The summed E-state index contributed by atoms with van der Waals surface area (Å²) < 4.78 is 28.8. The molecule has 8 rings (SSSR count). The van der Waals surface area contributed by atoms with Crippen LogP contribution in [0.15, 0.2) is 134 Å². The average Bonchev–Trinajstić information content (AvgIpc) is 4.16. The smallest absolute Gasteiger partial charge is 0.323 e. The van der Waals surface area contributed by atoms with E-state index < -0.39 is 36.6 Å². The van der Waals surface area contributed by atoms with Gasteiger partial charge in [-0.3, -0.25) is 10.1 Å². The van der Waals surface area contributed by atoms with Gasteiger partial charge in [0.15, 0.2) is 17.9 Å². The SMILES string of the molecule is Cc1c(COc2cc(OCc3ccc(-n4cccn4)nc3)c(CN[C@H](C(=O)O)[C@@H](C)O)cc2Cl)cccc1-c1cccc(COc2cc(OCc3ccc(-n4cccn4)nc3)c(CN[C@H](C(O)O)[C@@H](C)O)cc2Cl)c1C. The van der Waals surface area contributed by atoms with Crippen molar-refractivity contribution in [1.29, 1.82) is 0 Å². The summed E-state index contributed by atoms with van der Waals surface area (Å²) in [6.45, 7) is 7.62. The van der Waals surface area contributed by atoms with E-state index >= 15 is 0 Å². The van der Waals surface area contributed by atoms with Crippen molar-refractivity contribution in [3.05, 3.63) is 189 Å². The summed E-state index contributed by atoms with van der Waals surface area (Å²) in [5, 5.41) is 64.8. The van der Waals surface area contributed by atoms with Gasteiger partial charge in [0.05, 0.1) is 28.3 Å². The minimum absolute atomic E-state index is 0.0253. The third-order valence-corrected chi connectivity index (χ3v) is 13.3. The second-order valence-corrected chi connectivity index (χ2v) is 18.9. The number of pyridine rings is 2. The third kappa shape index (κ3) is 13.7. The summed E-state index contributed by atoms with van der Waals surface area (Å²) >= 11 is 13.7. The topological polar surface area (TPSA) is 241 Å². The molecule has 0 amide bonds. The molecule has 0 saturated heterocycles. The molecule has 0 aliphatic carbocycles. The van der Waals surface area contributed by atoms with Crippen LogP contribution in [-0.4, -0.2) is 91.6 Å². The Kier molecular flexibility index (Phi) is 18.4. The van der Waals surface area contributed by atoms with Gasteiger partial charge in [-0.2, -0.15) is 10.2 Å². The molecule has 8 aromatic rings. The predicted molar refractivity (Wildman–Crippen MR) is 285 cm³/mol. The van der Waals surface area contributed by atoms with Crippen molar-refractivity contribution in [3.8, 4) is 45.8 Å². The fourth-order valence-electron chi connectivity index (χ4n) is 8.34. The molecule has 0 spiro atoms. The van der Waals surface area contributed by atoms with E-state index in [1.54, 1.807) is 70.8 Å². The normalized spacial score (nSPS) is 13.0. The van der Waals surface area contributed by atoms with E-state index in [4.69, 9.17) is 42.1 Å². The summed E-state index contributed by atoms with van der Waals surface area (Å²) in [5.74, 6) is 1.61. The van der Waals surface area contributed by atoms with Crippen LogP contribution in [0.2, 0.25) is 10.0 Å². The monoisotopic (exact) mass is 1070 g/mol. The lowest BCUT2D eigenvalue weighted by Crippen LogP contribution is -2.46. The van der Waals surface area contributed by atoms with Crippen molar-refractivity contribution in [2.75, 3.05) is 0 Å². The van der Waals surface area contributed by atoms with Crippen LogP contribution in [-0.2, 0) is 44.3 Å². The zero-order valence-corrected chi connectivity index (χ0v) is 43.6. The molecule has 7 N–H and O–H groups in total. The Balaban J connectivity index is 0.983. The number of aromatic nitrogens is 6. The van der Waals surface area contributed by atoms with E-state index in [-0.39, 0.29) is 44.5 Å². The standard InChI is InChI=1S/C56H58Cl2N8O10/c1-33-39(31-75-49-23-47(41(21-45(49)57)27-61-53(35(3)67)55(69)70)73-29-37-13-15-51(59-25-37)65-19-7-17-63-65)9-5-11-43(33)44-12-6-10-40(34(44)2)32-76-50-24-48(42(22-46(50)58)28-62-54(36(4)68)56(71)72)74-30-38-14-16-52(60-26-38)66-20-8-18-64-66/h5-26,35-36,53-55,61-62,67-70H,27-32H2,1-4H3,(H,71,72)/t35-,36-,53+,54+/m1/s1. The Morgan fingerprint density at radius 3 is 1.42 bits per heavy atom. The third-order valence-electron chi connectivity index (χ3n) is 12.7. The molecule has 0 aliphatic rings. The highest BCUT2D eigenvalue weighted by Gasteiger charge is 2.25. The van der Waals surface area contributed by atoms with Gasteiger partial charge in [-0.1, -0.05) is 71.7 Å². The number of hydrogen-bond donors (Lipinski definition) is 7. The quantitative estimate of drug-likeness (QED) is 0.0270. The number of nitrogens with one attached hydrogen (secondary N) is 2. The van der Waals surface area contributed by atoms with Crippen LogP contribution in [0, 0.1) is 13.8 Å². The fourth-order valence-corrected chi connectivity index (χ4v) is 8.82. The van der Waals surface area contributed by atoms with E-state index in [1.807, 2.05) is 86.6 Å². The number of ether oxygens (including phenoxy) is 4. The maximum Gasteiger partial charge on any atom is 0.323 e. The zero-order chi connectivity index (χ0) is 53.9. The molecule has 0 radical (unpaired) electrons. The molecule has 4 aromatic heterocycles. The number of aliphatic carboxylic acids is 1. The minimum Gasteiger partial charge on any atom is -0.488 e. The van der Waals surface area contributed by atoms with Crippen LogP contribution in [0.1, 0.15) is 58.4 Å². The van der Waals surface area contributed by atoms with E-state index in [0.717, 1.165) is 44.5 Å². The highest BCUT2D eigenvalue weighted by Crippen LogP contribution is 2.38. The molecule has 396 valence electrons. The second kappa shape index (κ2) is 25.4. The summed E-state index contributed by atoms with van der Waals surface area (Å²) in [4.78, 5) is 20.9. The summed E-state index contributed by atoms with van der Waals surface area (Å²) in [6.07, 6.45) is 6.26. The van der Waals surface area contributed by atoms with Crippen molar-refractivity contribution >= 4 is 29.2 Å². The van der Waals surface area contributed by atoms with Gasteiger partial charge in [0.25, 0.3) is 0 Å². The lowest BCUT2D eigenvalue weighted by atomic mass is 9.92. The van der Waals surface area contributed by atoms with Crippen molar-refractivity contribution in [2.24, 2.45) is 0 Å². The minimum atomic E-state index is -1.82. The molecule has 0 unspecified atom stereocenters. The molecule has 0 saturated carbocycles. The Morgan fingerprint density at radius 2 is 1.04 bits per heavy atom. The number of carbonyl (C=O) groups is 1. The Morgan fingerprint density at radius 1 is 0.579 bits per heavy atom. The summed E-state index contributed by atoms with van der Waals surface area (Å²) in [7, 11) is 0. The van der Waals surface area contributed by atoms with E-state index in [2.05, 4.69) is 30.8 Å². The number of rotatable bonds is 25. The van der Waals surface area contributed by atoms with Crippen molar-refractivity contribution in [3.63, 3.8) is 0 Å². The summed E-state index contributed by atoms with van der Waals surface area (Å²) in [5.41, 5.74) is 8.44. The highest BCUT2D eigenvalue weighted by molar-refractivity contribution is 6.32. The highest BCUT2D eigenvalue weighted by atomic mass is 35.5. The Bertz CT molecular complexity index is 3190. The van der Waals surface area contributed by atoms with Crippen molar-refractivity contribution in [2.45, 2.75) is 97.8 Å². The van der Waals surface area contributed by atoms with Gasteiger partial charge in [-0.15, -0.1) is 0 Å². The number of hydrogen-bond acceptors (Lipinski definition) is 15. The van der Waals surface area contributed by atoms with Gasteiger partial charge >= 0.3 is 5.97 Å². The molecule has 4 heterocycles. The first-order valence-electron chi connectivity index (χ1n) is 24.3. The lowest BCUT2D eigenvalue weighted by Gasteiger charge is -2.24. The van der Waals surface area contributed by atoms with Crippen LogP contribution >= 0.6 is 23.2 Å². The molecule has 0 fully saturated rings. The number of benzene rings is 4. The number of aliphatic hydroxyl groups is 4. The molecule has 4 atom stereocenters. The number of carboxylic acid groups (broad SMARTS) is 1. The van der Waals surface area contributed by atoms with Crippen LogP contribution < -0.4 is 29.6 Å². The van der Waals surface area contributed by atoms with Crippen LogP contribution in [0.4, 0.5) is 0 Å². The molecular weight excluding hydrogens is 1020 g/mol. The number of nitrogens with zero attached hydrogens (tertiary/aromatic N) is 6. The van der Waals surface area contributed by atoms with Crippen LogP contribution in [0.3, 0.4) is 0 Å². The van der Waals surface area contributed by atoms with E-state index in [1.165, 1.54) is 13.8 Å². The van der Waals surface area contributed by atoms with Crippen LogP contribution in [0.25, 0.3) is 22.8 Å². The molecule has 20 heteroatoms. The number of halogens is 2. The predicted octanol–water partition coefficient (Wildman–Crippen LogP) is 7.83. The first-order chi connectivity index (χ1) is 36.6. The Hall–Kier alpha value is -7.39. The number of aliphatic hydroxyl groups excluding tert-OH is 3. The van der Waals surface area contributed by atoms with Gasteiger partial charge < -0.3 is 49.8 Å². The first-order valence-corrected chi connectivity index (χ1v) is 25.0. The first kappa shape index (κ1) is 54.9. The van der Waals surface area contributed by atoms with Gasteiger partial charge in [-0.25, -0.2) is 19.3 Å².